The first-order valence-electron chi connectivity index (χ1n) is 11.6. The van der Waals surface area contributed by atoms with E-state index in [0.717, 1.165) is 24.2 Å². The van der Waals surface area contributed by atoms with Crippen molar-refractivity contribution < 1.29 is 5.11 Å². The van der Waals surface area contributed by atoms with Gasteiger partial charge in [-0.05, 0) is 63.3 Å². The highest BCUT2D eigenvalue weighted by Crippen LogP contribution is 2.47. The maximum atomic E-state index is 11.0. The van der Waals surface area contributed by atoms with E-state index in [4.69, 9.17) is 24.4 Å². The number of rotatable bonds is 10. The second-order valence-corrected chi connectivity index (χ2v) is 9.98. The minimum absolute atomic E-state index is 0.00185. The highest BCUT2D eigenvalue weighted by Gasteiger charge is 2.47. The molecule has 0 saturated heterocycles. The number of aromatic nitrogens is 4. The second-order valence-electron chi connectivity index (χ2n) is 9.55. The van der Waals surface area contributed by atoms with Gasteiger partial charge in [0.15, 0.2) is 0 Å². The highest BCUT2D eigenvalue weighted by molar-refractivity contribution is 6.30. The summed E-state index contributed by atoms with van der Waals surface area (Å²) in [6.07, 6.45) is 8.94. The maximum Gasteiger partial charge on any atom is 0.225 e. The normalized spacial score (nSPS) is 17.1. The third-order valence-electron chi connectivity index (χ3n) is 6.47. The van der Waals surface area contributed by atoms with Crippen LogP contribution in [0.25, 0.3) is 5.69 Å². The van der Waals surface area contributed by atoms with Crippen LogP contribution in [0, 0.1) is 5.92 Å². The van der Waals surface area contributed by atoms with E-state index >= 15 is 0 Å². The minimum atomic E-state index is -1.61. The van der Waals surface area contributed by atoms with Crippen molar-refractivity contribution in [1.82, 2.24) is 24.4 Å². The molecule has 1 saturated carbocycles. The van der Waals surface area contributed by atoms with Gasteiger partial charge in [-0.25, -0.2) is 9.97 Å². The zero-order chi connectivity index (χ0) is 25.4. The van der Waals surface area contributed by atoms with E-state index in [1.165, 1.54) is 0 Å². The third-order valence-corrected chi connectivity index (χ3v) is 6.70. The summed E-state index contributed by atoms with van der Waals surface area (Å²) >= 11 is 6.15. The Hall–Kier alpha value is -2.88. The molecule has 35 heavy (non-hydrogen) atoms. The molecule has 0 spiro atoms. The summed E-state index contributed by atoms with van der Waals surface area (Å²) in [5, 5.41) is 15.2. The maximum absolute atomic E-state index is 11.0. The molecule has 2 aromatic heterocycles. The lowest BCUT2D eigenvalue weighted by atomic mass is 9.76. The zero-order valence-electron chi connectivity index (χ0n) is 20.6. The lowest BCUT2D eigenvalue weighted by molar-refractivity contribution is -0.0372. The molecule has 0 bridgehead atoms. The van der Waals surface area contributed by atoms with Crippen molar-refractivity contribution in [3.63, 3.8) is 0 Å². The molecule has 1 aliphatic rings. The van der Waals surface area contributed by atoms with Gasteiger partial charge in [0.2, 0.25) is 5.95 Å². The first-order chi connectivity index (χ1) is 16.6. The molecule has 182 valence electrons. The molecule has 1 fully saturated rings. The Morgan fingerprint density at radius 3 is 2.63 bits per heavy atom. The summed E-state index contributed by atoms with van der Waals surface area (Å²) < 4.78 is 1.95. The van der Waals surface area contributed by atoms with Crippen LogP contribution in [0.2, 0.25) is 5.02 Å². The van der Waals surface area contributed by atoms with Gasteiger partial charge >= 0.3 is 0 Å². The van der Waals surface area contributed by atoms with Gasteiger partial charge in [0.05, 0.1) is 29.2 Å². The standard InChI is InChI=1S/C25H31BClN7O/c1-6-34(22(17(2)3)25(26,35)32(4)5)21-10-13-28-23(30-21)31-24(11-12-24)20-15-33(16-29-20)19-9-7-8-18(27)14-19/h6-10,13-17,22,35H,1,11-12H2,2-5H3,(H,28,30,31). The average Bonchev–Trinajstić information content (AvgIpc) is 3.40. The van der Waals surface area contributed by atoms with E-state index in [2.05, 4.69) is 21.9 Å². The lowest BCUT2D eigenvalue weighted by Gasteiger charge is -2.46. The van der Waals surface area contributed by atoms with Crippen LogP contribution in [0.1, 0.15) is 32.4 Å². The van der Waals surface area contributed by atoms with Crippen LogP contribution < -0.4 is 10.2 Å². The largest absolute Gasteiger partial charge is 0.383 e. The Balaban J connectivity index is 1.59. The predicted octanol–water partition coefficient (Wildman–Crippen LogP) is 3.77. The molecule has 2 heterocycles. The molecular formula is C25H31BClN7O. The summed E-state index contributed by atoms with van der Waals surface area (Å²) in [7, 11) is 9.80. The fourth-order valence-corrected chi connectivity index (χ4v) is 4.50. The van der Waals surface area contributed by atoms with Gasteiger partial charge in [0.25, 0.3) is 0 Å². The van der Waals surface area contributed by atoms with Crippen LogP contribution in [0.5, 0.6) is 0 Å². The number of imidazole rings is 1. The van der Waals surface area contributed by atoms with Crippen molar-refractivity contribution >= 4 is 31.2 Å². The molecule has 2 atom stereocenters. The van der Waals surface area contributed by atoms with Crippen LogP contribution in [0.15, 0.2) is 61.8 Å². The van der Waals surface area contributed by atoms with Crippen LogP contribution in [-0.2, 0) is 5.54 Å². The van der Waals surface area contributed by atoms with Gasteiger partial charge in [-0.2, -0.15) is 4.98 Å². The van der Waals surface area contributed by atoms with Crippen molar-refractivity contribution in [1.29, 1.82) is 0 Å². The van der Waals surface area contributed by atoms with Crippen LogP contribution in [0.3, 0.4) is 0 Å². The molecule has 2 N–H and O–H groups in total. The quantitative estimate of drug-likeness (QED) is 0.330. The Kier molecular flexibility index (Phi) is 6.95. The number of nitrogens with one attached hydrogen (secondary N) is 1. The number of hydrogen-bond acceptors (Lipinski definition) is 7. The predicted molar refractivity (Wildman–Crippen MR) is 141 cm³/mol. The van der Waals surface area contributed by atoms with E-state index in [1.54, 1.807) is 48.7 Å². The van der Waals surface area contributed by atoms with Gasteiger partial charge in [-0.1, -0.05) is 38.1 Å². The zero-order valence-corrected chi connectivity index (χ0v) is 21.3. The minimum Gasteiger partial charge on any atom is -0.383 e. The average molecular weight is 492 g/mol. The highest BCUT2D eigenvalue weighted by atomic mass is 35.5. The summed E-state index contributed by atoms with van der Waals surface area (Å²) in [6, 6.07) is 8.92. The van der Waals surface area contributed by atoms with Gasteiger partial charge < -0.3 is 19.9 Å². The molecule has 3 aromatic rings. The van der Waals surface area contributed by atoms with Crippen LogP contribution in [-0.4, -0.2) is 63.1 Å². The van der Waals surface area contributed by atoms with Crippen molar-refractivity contribution in [2.75, 3.05) is 24.3 Å². The first-order valence-corrected chi connectivity index (χ1v) is 12.0. The Labute approximate surface area is 213 Å². The van der Waals surface area contributed by atoms with Crippen LogP contribution in [0.4, 0.5) is 11.8 Å². The fraction of sp³-hybridized carbons (Fsp3) is 0.400. The number of hydrogen-bond donors (Lipinski definition) is 2. The molecule has 8 nitrogen and oxygen atoms in total. The van der Waals surface area contributed by atoms with Gasteiger partial charge in [-0.3, -0.25) is 4.90 Å². The summed E-state index contributed by atoms with van der Waals surface area (Å²) in [6.45, 7) is 7.95. The molecule has 2 radical (unpaired) electrons. The molecule has 2 unspecified atom stereocenters. The topological polar surface area (TPSA) is 82.3 Å². The van der Waals surface area contributed by atoms with E-state index in [9.17, 15) is 5.11 Å². The molecule has 10 heteroatoms. The second kappa shape index (κ2) is 9.64. The number of likely N-dealkylation sites (N-methyl/N-ethyl adjacent to an activating group) is 1. The Bertz CT molecular complexity index is 1190. The monoisotopic (exact) mass is 491 g/mol. The fourth-order valence-electron chi connectivity index (χ4n) is 4.32. The smallest absolute Gasteiger partial charge is 0.225 e. The third kappa shape index (κ3) is 5.08. The molecule has 1 aliphatic carbocycles. The Morgan fingerprint density at radius 1 is 1.29 bits per heavy atom. The lowest BCUT2D eigenvalue weighted by Crippen LogP contribution is -2.62. The van der Waals surface area contributed by atoms with Gasteiger partial charge in [0.1, 0.15) is 13.7 Å². The first kappa shape index (κ1) is 25.2. The van der Waals surface area contributed by atoms with Gasteiger partial charge in [-0.15, -0.1) is 0 Å². The van der Waals surface area contributed by atoms with Crippen LogP contribution >= 0.6 is 11.6 Å². The summed E-state index contributed by atoms with van der Waals surface area (Å²) in [4.78, 5) is 17.2. The summed E-state index contributed by atoms with van der Waals surface area (Å²) in [5.74, 6) is 1.06. The molecular weight excluding hydrogens is 461 g/mol. The molecule has 4 rings (SSSR count). The number of benzene rings is 1. The SMILES string of the molecule is [B]C(O)(C(C(C)C)N(C=C)c1ccnc(NC2(c3cn(-c4cccc(Cl)c4)cn3)CC2)n1)N(C)C. The Morgan fingerprint density at radius 2 is 2.03 bits per heavy atom. The van der Waals surface area contributed by atoms with Crippen molar-refractivity contribution in [2.45, 2.75) is 43.9 Å². The summed E-state index contributed by atoms with van der Waals surface area (Å²) in [5.41, 5.74) is -0.0824. The van der Waals surface area contributed by atoms with Crippen molar-refractivity contribution in [3.05, 3.63) is 72.5 Å². The molecule has 0 amide bonds. The number of nitrogens with zero attached hydrogens (tertiary/aromatic N) is 6. The van der Waals surface area contributed by atoms with E-state index in [1.807, 2.05) is 48.9 Å². The number of halogens is 1. The van der Waals surface area contributed by atoms with E-state index in [-0.39, 0.29) is 11.5 Å². The number of aliphatic hydroxyl groups is 1. The van der Waals surface area contributed by atoms with Gasteiger partial charge in [0, 0.05) is 23.1 Å². The molecule has 0 aliphatic heterocycles. The van der Waals surface area contributed by atoms with E-state index in [0.29, 0.717) is 16.8 Å². The van der Waals surface area contributed by atoms with Crippen molar-refractivity contribution in [2.24, 2.45) is 5.92 Å². The van der Waals surface area contributed by atoms with Crippen molar-refractivity contribution in [3.8, 4) is 5.69 Å². The number of anilines is 2. The van der Waals surface area contributed by atoms with E-state index < -0.39 is 11.7 Å². The molecule has 1 aromatic carbocycles.